The van der Waals surface area contributed by atoms with Gasteiger partial charge in [0.1, 0.15) is 12.6 Å². The fourth-order valence-electron chi connectivity index (χ4n) is 3.60. The molecule has 0 saturated carbocycles. The maximum absolute atomic E-state index is 13.7. The van der Waals surface area contributed by atoms with Crippen LogP contribution in [0, 0.1) is 0 Å². The second-order valence-corrected chi connectivity index (χ2v) is 10.6. The summed E-state index contributed by atoms with van der Waals surface area (Å²) in [5, 5.41) is 2.86. The number of likely N-dealkylation sites (N-methyl/N-ethyl adjacent to an activating group) is 1. The molecule has 0 bridgehead atoms. The summed E-state index contributed by atoms with van der Waals surface area (Å²) in [6.45, 7) is 3.30. The molecule has 0 spiro atoms. The van der Waals surface area contributed by atoms with Crippen molar-refractivity contribution in [3.63, 3.8) is 0 Å². The van der Waals surface area contributed by atoms with E-state index in [1.54, 1.807) is 38.1 Å². The summed E-state index contributed by atoms with van der Waals surface area (Å²) in [6.07, 6.45) is 0. The van der Waals surface area contributed by atoms with E-state index < -0.39 is 28.5 Å². The number of nitrogens with one attached hydrogen (secondary N) is 1. The van der Waals surface area contributed by atoms with Gasteiger partial charge in [-0.3, -0.25) is 13.9 Å². The van der Waals surface area contributed by atoms with Crippen LogP contribution < -0.4 is 9.62 Å². The molecule has 2 amide bonds. The highest BCUT2D eigenvalue weighted by Gasteiger charge is 2.33. The monoisotopic (exact) mass is 547 g/mol. The van der Waals surface area contributed by atoms with Crippen molar-refractivity contribution < 1.29 is 18.0 Å². The summed E-state index contributed by atoms with van der Waals surface area (Å²) in [7, 11) is -4.21. The van der Waals surface area contributed by atoms with Crippen molar-refractivity contribution in [1.29, 1.82) is 0 Å². The zero-order valence-electron chi connectivity index (χ0n) is 19.9. The lowest BCUT2D eigenvalue weighted by Gasteiger charge is -2.32. The third kappa shape index (κ3) is 6.37. The number of hydrogen-bond acceptors (Lipinski definition) is 4. The lowest BCUT2D eigenvalue weighted by molar-refractivity contribution is -0.139. The molecule has 3 aromatic carbocycles. The molecule has 0 fully saturated rings. The van der Waals surface area contributed by atoms with Crippen molar-refractivity contribution in [3.05, 3.63) is 94.5 Å². The number of carbonyl (C=O) groups excluding carboxylic acids is 2. The van der Waals surface area contributed by atoms with E-state index in [9.17, 15) is 18.0 Å². The van der Waals surface area contributed by atoms with Gasteiger partial charge in [0.15, 0.2) is 0 Å². The van der Waals surface area contributed by atoms with Crippen molar-refractivity contribution in [2.24, 2.45) is 0 Å². The third-order valence-electron chi connectivity index (χ3n) is 5.52. The minimum Gasteiger partial charge on any atom is -0.355 e. The second-order valence-electron chi connectivity index (χ2n) is 7.98. The molecule has 0 aliphatic rings. The number of carbonyl (C=O) groups is 2. The topological polar surface area (TPSA) is 86.8 Å². The zero-order valence-corrected chi connectivity index (χ0v) is 22.2. The minimum absolute atomic E-state index is 0.00198. The Kier molecular flexibility index (Phi) is 9.37. The Hall–Kier alpha value is -3.07. The average molecular weight is 548 g/mol. The van der Waals surface area contributed by atoms with E-state index in [0.29, 0.717) is 6.54 Å². The summed E-state index contributed by atoms with van der Waals surface area (Å²) in [4.78, 5) is 27.7. The molecule has 0 unspecified atom stereocenters. The Morgan fingerprint density at radius 3 is 2.14 bits per heavy atom. The second kappa shape index (κ2) is 12.3. The van der Waals surface area contributed by atoms with Gasteiger partial charge in [0, 0.05) is 13.1 Å². The van der Waals surface area contributed by atoms with E-state index in [1.165, 1.54) is 29.2 Å². The zero-order chi connectivity index (χ0) is 26.3. The Balaban J connectivity index is 2.05. The summed E-state index contributed by atoms with van der Waals surface area (Å²) < 4.78 is 28.3. The van der Waals surface area contributed by atoms with Gasteiger partial charge < -0.3 is 10.2 Å². The number of anilines is 1. The van der Waals surface area contributed by atoms with E-state index in [1.807, 2.05) is 30.3 Å². The summed E-state index contributed by atoms with van der Waals surface area (Å²) in [5.74, 6) is -0.923. The normalized spacial score (nSPS) is 12.0. The van der Waals surface area contributed by atoms with Crippen LogP contribution in [0.25, 0.3) is 0 Å². The molecule has 7 nitrogen and oxygen atoms in total. The first-order chi connectivity index (χ1) is 17.2. The van der Waals surface area contributed by atoms with Gasteiger partial charge in [0.05, 0.1) is 20.6 Å². The molecule has 36 heavy (non-hydrogen) atoms. The van der Waals surface area contributed by atoms with E-state index in [-0.39, 0.29) is 33.1 Å². The van der Waals surface area contributed by atoms with Crippen molar-refractivity contribution in [1.82, 2.24) is 10.2 Å². The van der Waals surface area contributed by atoms with E-state index in [2.05, 4.69) is 5.32 Å². The third-order valence-corrected chi connectivity index (χ3v) is 8.11. The minimum atomic E-state index is -4.21. The molecule has 0 radical (unpaired) electrons. The number of amides is 2. The number of benzene rings is 3. The first-order valence-corrected chi connectivity index (χ1v) is 13.5. The van der Waals surface area contributed by atoms with Crippen molar-refractivity contribution in [3.8, 4) is 0 Å². The Morgan fingerprint density at radius 2 is 1.53 bits per heavy atom. The number of hydrogen-bond donors (Lipinski definition) is 1. The highest BCUT2D eigenvalue weighted by Crippen LogP contribution is 2.35. The van der Waals surface area contributed by atoms with Crippen molar-refractivity contribution in [2.75, 3.05) is 17.4 Å². The molecular formula is C26H27Cl2N3O4S. The van der Waals surface area contributed by atoms with Crippen LogP contribution in [0.4, 0.5) is 5.69 Å². The van der Waals surface area contributed by atoms with Crippen LogP contribution in [0.15, 0.2) is 83.8 Å². The first kappa shape index (κ1) is 27.5. The first-order valence-electron chi connectivity index (χ1n) is 11.3. The van der Waals surface area contributed by atoms with Gasteiger partial charge in [-0.1, -0.05) is 77.8 Å². The Bertz CT molecular complexity index is 1310. The molecular weight excluding hydrogens is 521 g/mol. The average Bonchev–Trinajstić information content (AvgIpc) is 2.88. The fourth-order valence-corrected chi connectivity index (χ4v) is 5.50. The lowest BCUT2D eigenvalue weighted by atomic mass is 10.1. The molecule has 3 rings (SSSR count). The molecule has 190 valence electrons. The maximum atomic E-state index is 13.7. The van der Waals surface area contributed by atoms with Crippen LogP contribution >= 0.6 is 23.2 Å². The Morgan fingerprint density at radius 1 is 0.917 bits per heavy atom. The van der Waals surface area contributed by atoms with E-state index >= 15 is 0 Å². The number of nitrogens with zero attached hydrogens (tertiary/aromatic N) is 2. The highest BCUT2D eigenvalue weighted by molar-refractivity contribution is 7.92. The molecule has 0 aromatic heterocycles. The van der Waals surface area contributed by atoms with Crippen LogP contribution in [-0.4, -0.2) is 44.3 Å². The lowest BCUT2D eigenvalue weighted by Crippen LogP contribution is -2.51. The molecule has 1 atom stereocenters. The molecule has 0 saturated heterocycles. The summed E-state index contributed by atoms with van der Waals surface area (Å²) in [6, 6.07) is 20.6. The number of rotatable bonds is 10. The van der Waals surface area contributed by atoms with Crippen molar-refractivity contribution >= 4 is 50.7 Å². The molecule has 0 aliphatic heterocycles. The smallest absolute Gasteiger partial charge is 0.264 e. The van der Waals surface area contributed by atoms with Gasteiger partial charge in [-0.25, -0.2) is 8.42 Å². The Labute approximate surface area is 221 Å². The van der Waals surface area contributed by atoms with Gasteiger partial charge in [0.2, 0.25) is 11.8 Å². The van der Waals surface area contributed by atoms with E-state index in [4.69, 9.17) is 23.2 Å². The SMILES string of the molecule is CCNC(=O)[C@@H](C)N(Cc1ccccc1)C(=O)CN(c1cccc(Cl)c1Cl)S(=O)(=O)c1ccccc1. The predicted molar refractivity (Wildman–Crippen MR) is 143 cm³/mol. The maximum Gasteiger partial charge on any atom is 0.264 e. The molecule has 1 N–H and O–H groups in total. The molecule has 0 aliphatic carbocycles. The molecule has 0 heterocycles. The van der Waals surface area contributed by atoms with Crippen LogP contribution in [0.3, 0.4) is 0 Å². The number of halogens is 2. The van der Waals surface area contributed by atoms with Crippen molar-refractivity contribution in [2.45, 2.75) is 31.3 Å². The highest BCUT2D eigenvalue weighted by atomic mass is 35.5. The van der Waals surface area contributed by atoms with Gasteiger partial charge in [-0.05, 0) is 43.7 Å². The van der Waals surface area contributed by atoms with Crippen LogP contribution in [0.1, 0.15) is 19.4 Å². The van der Waals surface area contributed by atoms with Crippen LogP contribution in [0.2, 0.25) is 10.0 Å². The van der Waals surface area contributed by atoms with Gasteiger partial charge in [-0.2, -0.15) is 0 Å². The molecule has 10 heteroatoms. The van der Waals surface area contributed by atoms with Gasteiger partial charge in [-0.15, -0.1) is 0 Å². The fraction of sp³-hybridized carbons (Fsp3) is 0.231. The number of sulfonamides is 1. The van der Waals surface area contributed by atoms with E-state index in [0.717, 1.165) is 9.87 Å². The largest absolute Gasteiger partial charge is 0.355 e. The van der Waals surface area contributed by atoms with Crippen LogP contribution in [0.5, 0.6) is 0 Å². The quantitative estimate of drug-likeness (QED) is 0.397. The standard InChI is InChI=1S/C26H27Cl2N3O4S/c1-3-29-26(33)19(2)30(17-20-11-6-4-7-12-20)24(32)18-31(23-16-10-15-22(27)25(23)28)36(34,35)21-13-8-5-9-14-21/h4-16,19H,3,17-18H2,1-2H3,(H,29,33)/t19-/m1/s1. The predicted octanol–water partition coefficient (Wildman–Crippen LogP) is 4.74. The summed E-state index contributed by atoms with van der Waals surface area (Å²) >= 11 is 12.6. The van der Waals surface area contributed by atoms with Gasteiger partial charge >= 0.3 is 0 Å². The van der Waals surface area contributed by atoms with Gasteiger partial charge in [0.25, 0.3) is 10.0 Å². The molecule has 3 aromatic rings. The van der Waals surface area contributed by atoms with Crippen LogP contribution in [-0.2, 0) is 26.2 Å². The summed E-state index contributed by atoms with van der Waals surface area (Å²) in [5.41, 5.74) is 0.854.